The summed E-state index contributed by atoms with van der Waals surface area (Å²) in [5, 5.41) is 21.7. The minimum atomic E-state index is -1.14. The first kappa shape index (κ1) is 19.1. The molecule has 0 aromatic carbocycles. The summed E-state index contributed by atoms with van der Waals surface area (Å²) in [7, 11) is 0. The number of ether oxygens (including phenoxy) is 2. The van der Waals surface area contributed by atoms with Crippen molar-refractivity contribution >= 4 is 11.9 Å². The van der Waals surface area contributed by atoms with E-state index in [1.165, 1.54) is 0 Å². The van der Waals surface area contributed by atoms with Crippen molar-refractivity contribution in [3.63, 3.8) is 0 Å². The van der Waals surface area contributed by atoms with E-state index in [0.29, 0.717) is 23.1 Å². The van der Waals surface area contributed by atoms with Gasteiger partial charge < -0.3 is 19.7 Å². The van der Waals surface area contributed by atoms with Gasteiger partial charge >= 0.3 is 11.9 Å². The van der Waals surface area contributed by atoms with Crippen LogP contribution in [0.25, 0.3) is 0 Å². The Bertz CT molecular complexity index is 688. The van der Waals surface area contributed by atoms with Gasteiger partial charge in [0.15, 0.2) is 0 Å². The Morgan fingerprint density at radius 2 is 2.08 bits per heavy atom. The van der Waals surface area contributed by atoms with Crippen molar-refractivity contribution in [2.45, 2.75) is 71.4 Å². The van der Waals surface area contributed by atoms with Crippen LogP contribution in [0.4, 0.5) is 0 Å². The molecule has 2 N–H and O–H groups in total. The standard InChI is InChI=1S/C20H28O6/c1-6-9(2)18(22)25-14-7-12-15(10(14)3)17-16(11(4)19(23)26-17)13(21)8-20(12,5)24/h6,10,12-15,17,21,24H,7-8H2,1-5H3/b9-6-/t10-,12-,13-,14+,15+,17-,20-/m0/s1. The lowest BCUT2D eigenvalue weighted by atomic mass is 9.77. The van der Waals surface area contributed by atoms with Crippen LogP contribution in [-0.2, 0) is 19.1 Å². The van der Waals surface area contributed by atoms with Crippen LogP contribution < -0.4 is 0 Å². The molecule has 0 amide bonds. The van der Waals surface area contributed by atoms with E-state index in [1.807, 2.05) is 6.92 Å². The number of aliphatic hydroxyl groups excluding tert-OH is 1. The van der Waals surface area contributed by atoms with E-state index in [1.54, 1.807) is 33.8 Å². The zero-order valence-corrected chi connectivity index (χ0v) is 16.0. The van der Waals surface area contributed by atoms with Gasteiger partial charge in [-0.25, -0.2) is 9.59 Å². The maximum atomic E-state index is 12.2. The largest absolute Gasteiger partial charge is 0.459 e. The first-order chi connectivity index (χ1) is 12.1. The second-order valence-electron chi connectivity index (χ2n) is 8.18. The molecule has 2 saturated carbocycles. The molecule has 0 spiro atoms. The highest BCUT2D eigenvalue weighted by atomic mass is 16.6. The van der Waals surface area contributed by atoms with Crippen molar-refractivity contribution < 1.29 is 29.3 Å². The first-order valence-corrected chi connectivity index (χ1v) is 9.24. The number of allylic oxidation sites excluding steroid dienone is 1. The van der Waals surface area contributed by atoms with Crippen LogP contribution in [0.5, 0.6) is 0 Å². The maximum Gasteiger partial charge on any atom is 0.334 e. The fourth-order valence-electron chi connectivity index (χ4n) is 4.87. The lowest BCUT2D eigenvalue weighted by Gasteiger charge is -2.34. The molecule has 3 aliphatic rings. The number of fused-ring (bicyclic) bond motifs is 3. The van der Waals surface area contributed by atoms with Gasteiger partial charge in [0.2, 0.25) is 0 Å². The van der Waals surface area contributed by atoms with Gasteiger partial charge in [-0.2, -0.15) is 0 Å². The molecular formula is C20H28O6. The van der Waals surface area contributed by atoms with Gasteiger partial charge in [0.25, 0.3) is 0 Å². The number of hydrogen-bond donors (Lipinski definition) is 2. The fourth-order valence-corrected chi connectivity index (χ4v) is 4.87. The summed E-state index contributed by atoms with van der Waals surface area (Å²) >= 11 is 0. The smallest absolute Gasteiger partial charge is 0.334 e. The van der Waals surface area contributed by atoms with Crippen LogP contribution >= 0.6 is 0 Å². The Kier molecular flexibility index (Phi) is 4.78. The number of carbonyl (C=O) groups is 2. The van der Waals surface area contributed by atoms with Crippen molar-refractivity contribution in [2.75, 3.05) is 0 Å². The highest BCUT2D eigenvalue weighted by molar-refractivity contribution is 5.92. The molecule has 7 atom stereocenters. The molecule has 2 fully saturated rings. The lowest BCUT2D eigenvalue weighted by molar-refractivity contribution is -0.148. The molecule has 26 heavy (non-hydrogen) atoms. The van der Waals surface area contributed by atoms with Crippen LogP contribution in [0.2, 0.25) is 0 Å². The Morgan fingerprint density at radius 3 is 2.69 bits per heavy atom. The molecule has 0 bridgehead atoms. The van der Waals surface area contributed by atoms with Crippen LogP contribution in [-0.4, -0.2) is 46.1 Å². The second kappa shape index (κ2) is 6.50. The summed E-state index contributed by atoms with van der Waals surface area (Å²) in [6, 6.07) is 0. The fraction of sp³-hybridized carbons (Fsp3) is 0.700. The quantitative estimate of drug-likeness (QED) is 0.574. The zero-order valence-electron chi connectivity index (χ0n) is 16.0. The van der Waals surface area contributed by atoms with E-state index >= 15 is 0 Å². The summed E-state index contributed by atoms with van der Waals surface area (Å²) in [4.78, 5) is 24.3. The molecule has 0 unspecified atom stereocenters. The summed E-state index contributed by atoms with van der Waals surface area (Å²) in [5.41, 5.74) is 0.400. The van der Waals surface area contributed by atoms with Gasteiger partial charge in [-0.05, 0) is 40.0 Å². The number of aliphatic hydroxyl groups is 2. The van der Waals surface area contributed by atoms with Crippen molar-refractivity contribution in [1.29, 1.82) is 0 Å². The highest BCUT2D eigenvalue weighted by Gasteiger charge is 2.59. The van der Waals surface area contributed by atoms with Crippen molar-refractivity contribution in [1.82, 2.24) is 0 Å². The highest BCUT2D eigenvalue weighted by Crippen LogP contribution is 2.53. The monoisotopic (exact) mass is 364 g/mol. The summed E-state index contributed by atoms with van der Waals surface area (Å²) < 4.78 is 11.3. The Hall–Kier alpha value is -1.66. The Balaban J connectivity index is 1.95. The summed E-state index contributed by atoms with van der Waals surface area (Å²) in [6.45, 7) is 8.81. The van der Waals surface area contributed by atoms with E-state index in [4.69, 9.17) is 9.47 Å². The Labute approximate surface area is 153 Å². The lowest BCUT2D eigenvalue weighted by Crippen LogP contribution is -2.40. The normalized spacial score (nSPS) is 42.9. The SMILES string of the molecule is C/C=C(/C)C(=O)O[C@@H]1C[C@H]2[C@@H]([C@H]1C)[C@@H]1OC(=O)C(C)=C1[C@@H](O)C[C@]2(C)O. The topological polar surface area (TPSA) is 93.1 Å². The summed E-state index contributed by atoms with van der Waals surface area (Å²) in [6.07, 6.45) is 0.470. The minimum absolute atomic E-state index is 0.107. The average Bonchev–Trinajstić information content (AvgIpc) is 3.01. The molecule has 6 heteroatoms. The first-order valence-electron chi connectivity index (χ1n) is 9.24. The molecule has 2 aliphatic carbocycles. The van der Waals surface area contributed by atoms with Crippen LogP contribution in [0.15, 0.2) is 22.8 Å². The van der Waals surface area contributed by atoms with E-state index in [9.17, 15) is 19.8 Å². The van der Waals surface area contributed by atoms with Crippen molar-refractivity contribution in [2.24, 2.45) is 17.8 Å². The van der Waals surface area contributed by atoms with Crippen LogP contribution in [0.3, 0.4) is 0 Å². The van der Waals surface area contributed by atoms with E-state index in [-0.39, 0.29) is 36.2 Å². The van der Waals surface area contributed by atoms with Gasteiger partial charge in [-0.1, -0.05) is 13.0 Å². The zero-order chi connectivity index (χ0) is 19.4. The number of esters is 2. The third-order valence-electron chi connectivity index (χ3n) is 6.55. The van der Waals surface area contributed by atoms with Crippen molar-refractivity contribution in [3.05, 3.63) is 22.8 Å². The third-order valence-corrected chi connectivity index (χ3v) is 6.55. The molecule has 144 valence electrons. The molecule has 0 aromatic rings. The van der Waals surface area contributed by atoms with E-state index in [2.05, 4.69) is 0 Å². The van der Waals surface area contributed by atoms with E-state index in [0.717, 1.165) is 0 Å². The number of hydrogen-bond acceptors (Lipinski definition) is 6. The third kappa shape index (κ3) is 2.89. The minimum Gasteiger partial charge on any atom is -0.459 e. The van der Waals surface area contributed by atoms with Gasteiger partial charge in [-0.15, -0.1) is 0 Å². The van der Waals surface area contributed by atoms with Crippen molar-refractivity contribution in [3.8, 4) is 0 Å². The molecule has 0 saturated heterocycles. The summed E-state index contributed by atoms with van der Waals surface area (Å²) in [5.74, 6) is -1.33. The average molecular weight is 364 g/mol. The molecular weight excluding hydrogens is 336 g/mol. The van der Waals surface area contributed by atoms with E-state index < -0.39 is 23.8 Å². The predicted molar refractivity (Wildman–Crippen MR) is 93.9 cm³/mol. The van der Waals surface area contributed by atoms with Gasteiger partial charge in [-0.3, -0.25) is 0 Å². The molecule has 1 aliphatic heterocycles. The number of rotatable bonds is 2. The van der Waals surface area contributed by atoms with Crippen LogP contribution in [0, 0.1) is 17.8 Å². The van der Waals surface area contributed by atoms with Gasteiger partial charge in [0, 0.05) is 35.0 Å². The number of carbonyl (C=O) groups excluding carboxylic acids is 2. The molecule has 1 heterocycles. The Morgan fingerprint density at radius 1 is 1.42 bits per heavy atom. The predicted octanol–water partition coefficient (Wildman–Crippen LogP) is 1.89. The van der Waals surface area contributed by atoms with Gasteiger partial charge in [0.05, 0.1) is 11.7 Å². The van der Waals surface area contributed by atoms with Gasteiger partial charge in [0.1, 0.15) is 12.2 Å². The maximum absolute atomic E-state index is 12.2. The van der Waals surface area contributed by atoms with Crippen LogP contribution in [0.1, 0.15) is 47.5 Å². The molecule has 3 rings (SSSR count). The molecule has 0 aromatic heterocycles. The second-order valence-corrected chi connectivity index (χ2v) is 8.18. The molecule has 6 nitrogen and oxygen atoms in total. The molecule has 0 radical (unpaired) electrons.